The molecule has 2 heterocycles. The summed E-state index contributed by atoms with van der Waals surface area (Å²) in [6.45, 7) is 4.15. The number of rotatable bonds is 6. The highest BCUT2D eigenvalue weighted by Crippen LogP contribution is 2.49. The molecule has 2 atom stereocenters. The van der Waals surface area contributed by atoms with Gasteiger partial charge < -0.3 is 14.7 Å². The van der Waals surface area contributed by atoms with E-state index < -0.39 is 0 Å². The standard InChI is InChI=1S/C25H25N5O3/c1-14(2)33-21-7-6-15(10-17(21)13-26)24-27-25(29-28-24)19-5-3-4-18-20(19)11-16-12-22(32)30(8-9-31)23(16)18/h3-7,10,14,16,23,31H,8-9,11-12H2,1-2H3,(H,27,28,29)/t16?,23-/m0/s1. The minimum Gasteiger partial charge on any atom is -0.490 e. The number of carbonyl (C=O) groups excluding carboxylic acids is 1. The van der Waals surface area contributed by atoms with Crippen LogP contribution >= 0.6 is 0 Å². The molecule has 2 aromatic carbocycles. The van der Waals surface area contributed by atoms with E-state index in [-0.39, 0.29) is 30.6 Å². The number of fused-ring (bicyclic) bond motifs is 3. The van der Waals surface area contributed by atoms with Crippen molar-refractivity contribution in [3.63, 3.8) is 0 Å². The van der Waals surface area contributed by atoms with Crippen molar-refractivity contribution in [2.75, 3.05) is 13.2 Å². The number of hydrogen-bond acceptors (Lipinski definition) is 6. The lowest BCUT2D eigenvalue weighted by Crippen LogP contribution is -2.30. The number of amides is 1. The Hall–Kier alpha value is -3.70. The number of nitriles is 1. The summed E-state index contributed by atoms with van der Waals surface area (Å²) in [5.74, 6) is 2.03. The molecule has 1 fully saturated rings. The third-order valence-electron chi connectivity index (χ3n) is 6.34. The quantitative estimate of drug-likeness (QED) is 0.604. The van der Waals surface area contributed by atoms with Crippen molar-refractivity contribution in [1.29, 1.82) is 5.26 Å². The van der Waals surface area contributed by atoms with E-state index in [9.17, 15) is 15.2 Å². The van der Waals surface area contributed by atoms with Gasteiger partial charge in [-0.05, 0) is 55.5 Å². The summed E-state index contributed by atoms with van der Waals surface area (Å²) in [6.07, 6.45) is 1.26. The first-order valence-corrected chi connectivity index (χ1v) is 11.2. The number of nitrogens with one attached hydrogen (secondary N) is 1. The second kappa shape index (κ2) is 8.34. The number of ether oxygens (including phenoxy) is 1. The van der Waals surface area contributed by atoms with Gasteiger partial charge in [0.15, 0.2) is 11.6 Å². The number of aromatic amines is 1. The first-order chi connectivity index (χ1) is 16.0. The molecule has 1 unspecified atom stereocenters. The molecule has 168 valence electrons. The van der Waals surface area contributed by atoms with E-state index in [1.165, 1.54) is 0 Å². The van der Waals surface area contributed by atoms with Gasteiger partial charge in [-0.2, -0.15) is 10.4 Å². The molecule has 1 aliphatic carbocycles. The number of β-amino-alcohol motifs (C(OH)–C–C–N with tert-alkyl or cyclic N) is 1. The molecule has 3 aromatic rings. The fourth-order valence-corrected chi connectivity index (χ4v) is 5.05. The molecule has 0 radical (unpaired) electrons. The molecule has 8 nitrogen and oxygen atoms in total. The van der Waals surface area contributed by atoms with Gasteiger partial charge in [0, 0.05) is 24.1 Å². The van der Waals surface area contributed by atoms with Crippen molar-refractivity contribution >= 4 is 5.91 Å². The Labute approximate surface area is 191 Å². The molecule has 33 heavy (non-hydrogen) atoms. The van der Waals surface area contributed by atoms with Gasteiger partial charge in [0.25, 0.3) is 0 Å². The van der Waals surface area contributed by atoms with Crippen LogP contribution in [0.15, 0.2) is 36.4 Å². The molecule has 1 aliphatic heterocycles. The number of aromatic nitrogens is 3. The van der Waals surface area contributed by atoms with Crippen molar-refractivity contribution < 1.29 is 14.6 Å². The summed E-state index contributed by atoms with van der Waals surface area (Å²) < 4.78 is 5.71. The molecule has 1 aromatic heterocycles. The van der Waals surface area contributed by atoms with Gasteiger partial charge in [-0.3, -0.25) is 9.89 Å². The zero-order chi connectivity index (χ0) is 23.1. The number of H-pyrrole nitrogens is 1. The highest BCUT2D eigenvalue weighted by Gasteiger charge is 2.46. The van der Waals surface area contributed by atoms with E-state index in [2.05, 4.69) is 22.3 Å². The topological polar surface area (TPSA) is 115 Å². The Kier molecular flexibility index (Phi) is 5.35. The van der Waals surface area contributed by atoms with Crippen molar-refractivity contribution in [3.8, 4) is 34.6 Å². The molecule has 1 saturated heterocycles. The van der Waals surface area contributed by atoms with Crippen molar-refractivity contribution in [3.05, 3.63) is 53.1 Å². The predicted molar refractivity (Wildman–Crippen MR) is 121 cm³/mol. The molecule has 5 rings (SSSR count). The Morgan fingerprint density at radius 3 is 2.91 bits per heavy atom. The minimum absolute atomic E-state index is 0.00435. The van der Waals surface area contributed by atoms with E-state index >= 15 is 0 Å². The number of hydrogen-bond donors (Lipinski definition) is 2. The van der Waals surface area contributed by atoms with E-state index in [4.69, 9.17) is 9.72 Å². The second-order valence-electron chi connectivity index (χ2n) is 8.79. The smallest absolute Gasteiger partial charge is 0.223 e. The highest BCUT2D eigenvalue weighted by molar-refractivity contribution is 5.81. The molecule has 1 amide bonds. The maximum Gasteiger partial charge on any atom is 0.223 e. The minimum atomic E-state index is -0.0417. The molecule has 0 bridgehead atoms. The fraction of sp³-hybridized carbons (Fsp3) is 0.360. The van der Waals surface area contributed by atoms with Crippen molar-refractivity contribution in [2.45, 2.75) is 38.8 Å². The van der Waals surface area contributed by atoms with Gasteiger partial charge in [0.2, 0.25) is 5.91 Å². The van der Waals surface area contributed by atoms with Gasteiger partial charge in [0.05, 0.1) is 24.3 Å². The van der Waals surface area contributed by atoms with Crippen LogP contribution < -0.4 is 4.74 Å². The Morgan fingerprint density at radius 2 is 2.15 bits per heavy atom. The normalized spacial score (nSPS) is 19.0. The third-order valence-corrected chi connectivity index (χ3v) is 6.34. The number of likely N-dealkylation sites (tertiary alicyclic amines) is 1. The summed E-state index contributed by atoms with van der Waals surface area (Å²) >= 11 is 0. The largest absolute Gasteiger partial charge is 0.490 e. The highest BCUT2D eigenvalue weighted by atomic mass is 16.5. The van der Waals surface area contributed by atoms with Crippen LogP contribution in [0.1, 0.15) is 43.0 Å². The Morgan fingerprint density at radius 1 is 1.30 bits per heavy atom. The molecule has 2 aliphatic rings. The Bertz CT molecular complexity index is 1260. The van der Waals surface area contributed by atoms with Gasteiger partial charge in [-0.15, -0.1) is 0 Å². The van der Waals surface area contributed by atoms with Crippen LogP contribution in [-0.2, 0) is 11.2 Å². The first-order valence-electron chi connectivity index (χ1n) is 11.2. The van der Waals surface area contributed by atoms with Crippen LogP contribution in [0.3, 0.4) is 0 Å². The maximum atomic E-state index is 12.4. The van der Waals surface area contributed by atoms with Crippen LogP contribution in [0.4, 0.5) is 0 Å². The SMILES string of the molecule is CC(C)Oc1ccc(-c2nc(-c3cccc4c3CC3CC(=O)N(CCO)[C@H]43)n[nH]2)cc1C#N. The summed E-state index contributed by atoms with van der Waals surface area (Å²) in [7, 11) is 0. The first kappa shape index (κ1) is 21.2. The molecular weight excluding hydrogens is 418 g/mol. The third kappa shape index (κ3) is 3.64. The predicted octanol–water partition coefficient (Wildman–Crippen LogP) is 3.24. The number of benzene rings is 2. The van der Waals surface area contributed by atoms with Crippen molar-refractivity contribution in [1.82, 2.24) is 20.1 Å². The van der Waals surface area contributed by atoms with Crippen molar-refractivity contribution in [2.24, 2.45) is 5.92 Å². The summed E-state index contributed by atoms with van der Waals surface area (Å²) in [6, 6.07) is 13.6. The summed E-state index contributed by atoms with van der Waals surface area (Å²) in [5, 5.41) is 26.4. The average Bonchev–Trinajstić information content (AvgIpc) is 3.49. The number of aliphatic hydroxyl groups is 1. The van der Waals surface area contributed by atoms with E-state index in [1.807, 2.05) is 32.0 Å². The zero-order valence-corrected chi connectivity index (χ0v) is 18.6. The van der Waals surface area contributed by atoms with Crippen LogP contribution in [0, 0.1) is 17.2 Å². The average molecular weight is 444 g/mol. The molecule has 0 spiro atoms. The monoisotopic (exact) mass is 443 g/mol. The van der Waals surface area contributed by atoms with E-state index in [1.54, 1.807) is 17.0 Å². The van der Waals surface area contributed by atoms with Gasteiger partial charge in [0.1, 0.15) is 11.8 Å². The van der Waals surface area contributed by atoms with E-state index in [0.29, 0.717) is 35.9 Å². The maximum absolute atomic E-state index is 12.4. The molecule has 8 heteroatoms. The molecule has 2 N–H and O–H groups in total. The number of aliphatic hydroxyl groups excluding tert-OH is 1. The number of nitrogens with zero attached hydrogens (tertiary/aromatic N) is 4. The van der Waals surface area contributed by atoms with Gasteiger partial charge >= 0.3 is 0 Å². The van der Waals surface area contributed by atoms with Gasteiger partial charge in [-0.25, -0.2) is 4.98 Å². The zero-order valence-electron chi connectivity index (χ0n) is 18.6. The van der Waals surface area contributed by atoms with Gasteiger partial charge in [-0.1, -0.05) is 18.2 Å². The lowest BCUT2D eigenvalue weighted by Gasteiger charge is -2.24. The lowest BCUT2D eigenvalue weighted by atomic mass is 10.0. The summed E-state index contributed by atoms with van der Waals surface area (Å²) in [4.78, 5) is 18.9. The van der Waals surface area contributed by atoms with E-state index in [0.717, 1.165) is 28.7 Å². The van der Waals surface area contributed by atoms with Crippen LogP contribution in [0.25, 0.3) is 22.8 Å². The van der Waals surface area contributed by atoms with Crippen LogP contribution in [0.5, 0.6) is 5.75 Å². The molecule has 0 saturated carbocycles. The van der Waals surface area contributed by atoms with Crippen LogP contribution in [0.2, 0.25) is 0 Å². The fourth-order valence-electron chi connectivity index (χ4n) is 5.05. The van der Waals surface area contributed by atoms with Crippen LogP contribution in [-0.4, -0.2) is 50.4 Å². The molecular formula is C25H25N5O3. The second-order valence-corrected chi connectivity index (χ2v) is 8.79. The Balaban J connectivity index is 1.48. The lowest BCUT2D eigenvalue weighted by molar-refractivity contribution is -0.129. The summed E-state index contributed by atoms with van der Waals surface area (Å²) in [5.41, 5.74) is 4.42. The number of carbonyl (C=O) groups is 1.